The van der Waals surface area contributed by atoms with Gasteiger partial charge in [0.05, 0.1) is 56.4 Å². The molecular formula is C20H40N4O20V4-20. The molecule has 0 heterocycles. The first-order chi connectivity index (χ1) is 16.2. The van der Waals surface area contributed by atoms with Gasteiger partial charge in [0.25, 0.3) is 0 Å². The van der Waals surface area contributed by atoms with E-state index in [1.165, 1.54) is 45.8 Å². The molecule has 48 heavy (non-hydrogen) atoms. The van der Waals surface area contributed by atoms with Crippen LogP contribution < -0.4 is 60.5 Å². The first-order valence-corrected chi connectivity index (χ1v) is 10.8. The van der Waals surface area contributed by atoms with Gasteiger partial charge in [-0.1, -0.05) is 24.4 Å². The minimum Gasteiger partial charge on any atom is -2.00 e. The van der Waals surface area contributed by atoms with Crippen molar-refractivity contribution < 1.29 is 198 Å². The first kappa shape index (κ1) is 104. The molecule has 0 saturated carbocycles. The Balaban J connectivity index is -0.0000000188. The summed E-state index contributed by atoms with van der Waals surface area (Å²) in [6.45, 7) is 5.06. The van der Waals surface area contributed by atoms with E-state index in [-0.39, 0.29) is 118 Å². The number of likely N-dealkylation sites (N-methyl/N-ethyl adjacent to an activating group) is 4. The fourth-order valence-corrected chi connectivity index (χ4v) is 1.49. The van der Waals surface area contributed by atoms with E-state index in [0.29, 0.717) is 0 Å². The fraction of sp³-hybridized carbons (Fsp3) is 0.800. The second-order valence-electron chi connectivity index (χ2n) is 8.79. The van der Waals surface area contributed by atoms with E-state index in [1.807, 2.05) is 0 Å². The summed E-state index contributed by atoms with van der Waals surface area (Å²) in [4.78, 5) is 44.3. The van der Waals surface area contributed by atoms with Gasteiger partial charge in [0.1, 0.15) is 26.2 Å². The number of hydrogen-bond acceptors (Lipinski definition) is 12. The summed E-state index contributed by atoms with van der Waals surface area (Å²) in [5, 5.41) is 78.0. The van der Waals surface area contributed by atoms with Crippen LogP contribution in [0.5, 0.6) is 0 Å². The molecule has 4 radical (unpaired) electrons. The second kappa shape index (κ2) is 61.8. The number of nitrogens with one attached hydrogen (secondary N) is 4. The zero-order valence-corrected chi connectivity index (χ0v) is 32.7. The predicted molar refractivity (Wildman–Crippen MR) is 111 cm³/mol. The van der Waals surface area contributed by atoms with Crippen LogP contribution in [0.25, 0.3) is 0 Å². The van der Waals surface area contributed by atoms with E-state index in [1.54, 1.807) is 0 Å². The van der Waals surface area contributed by atoms with Gasteiger partial charge >= 0.3 is 0 Å². The minimum absolute atomic E-state index is 0. The van der Waals surface area contributed by atoms with Crippen LogP contribution in [0.15, 0.2) is 0 Å². The fourth-order valence-electron chi connectivity index (χ4n) is 1.49. The Labute approximate surface area is 327 Å². The molecule has 0 spiro atoms. The Hall–Kier alpha value is -0.422. The molecule has 0 aromatic heterocycles. The normalized spacial score (nSPS) is 10.3. The number of carbonyl (C=O) groups excluding carboxylic acids is 4. The Morgan fingerprint density at radius 3 is 0.479 bits per heavy atom. The molecule has 0 fully saturated rings. The van der Waals surface area contributed by atoms with Crippen molar-refractivity contribution in [1.29, 1.82) is 0 Å². The number of rotatable bonds is 12. The zero-order chi connectivity index (χ0) is 29.8. The molecule has 0 aliphatic heterocycles. The zero-order valence-electron chi connectivity index (χ0n) is 27.1. The van der Waals surface area contributed by atoms with Crippen molar-refractivity contribution >= 4 is 23.9 Å². The average Bonchev–Trinajstić information content (AvgIpc) is 2.75. The topological polar surface area (TPSA) is 499 Å². The molecule has 0 unspecified atom stereocenters. The largest absolute Gasteiger partial charge is 2.00 e. The maximum atomic E-state index is 9.97. The Morgan fingerprint density at radius 2 is 0.438 bits per heavy atom. The van der Waals surface area contributed by atoms with E-state index in [2.05, 4.69) is 56.4 Å². The molecule has 0 aliphatic rings. The van der Waals surface area contributed by atoms with E-state index in [4.69, 9.17) is 0 Å². The van der Waals surface area contributed by atoms with Crippen LogP contribution in [0.2, 0.25) is 0 Å². The van der Waals surface area contributed by atoms with Gasteiger partial charge in [-0.15, -0.1) is 0 Å². The standard InChI is InChI=1S/2C6H16N2.2C4H4O6.8O.4V/c2*1-7(2)5-6-8(3)4;2*5-1(3(7)8)2(6)4(9)10;;;;;;;;;;;;/h2*5-6H2,1-4H3;2*1-2H,(H,7,8)(H,9,10);;;;;;;;;;;;/q;;10*-2;;;;/t;;2*1-,2-;;;;;;;;;;;;/m..11............/s1. The maximum Gasteiger partial charge on any atom is 0.126 e. The summed E-state index contributed by atoms with van der Waals surface area (Å²) in [5.41, 5.74) is 0. The van der Waals surface area contributed by atoms with Crippen molar-refractivity contribution in [2.75, 3.05) is 82.6 Å². The third-order valence-corrected chi connectivity index (χ3v) is 3.73. The van der Waals surface area contributed by atoms with Crippen LogP contribution in [0.3, 0.4) is 0 Å². The molecule has 0 aromatic rings. The van der Waals surface area contributed by atoms with Crippen LogP contribution in [0, 0.1) is 0 Å². The molecule has 300 valence electrons. The quantitative estimate of drug-likeness (QED) is 0.142. The predicted octanol–water partition coefficient (Wildman–Crippen LogP) is -18.5. The number of carbonyl (C=O) groups is 4. The van der Waals surface area contributed by atoms with Gasteiger partial charge in [-0.25, -0.2) is 0 Å². The van der Waals surface area contributed by atoms with Gasteiger partial charge < -0.3 is 123 Å². The summed E-state index contributed by atoms with van der Waals surface area (Å²) in [6, 6.07) is 0. The second-order valence-corrected chi connectivity index (χ2v) is 8.79. The Kier molecular flexibility index (Phi) is 133. The van der Waals surface area contributed by atoms with E-state index < -0.39 is 48.3 Å². The molecule has 0 aliphatic carbocycles. The van der Waals surface area contributed by atoms with E-state index in [9.17, 15) is 60.0 Å². The van der Waals surface area contributed by atoms with Crippen molar-refractivity contribution in [3.63, 3.8) is 0 Å². The summed E-state index contributed by atoms with van der Waals surface area (Å²) in [5.74, 6) is -8.93. The molecule has 0 saturated heterocycles. The third kappa shape index (κ3) is 80.3. The van der Waals surface area contributed by atoms with Crippen molar-refractivity contribution in [2.45, 2.75) is 24.4 Å². The average molecular weight is 860 g/mol. The smallest absolute Gasteiger partial charge is 0.126 e. The third-order valence-electron chi connectivity index (χ3n) is 3.73. The summed E-state index contributed by atoms with van der Waals surface area (Å²) in [7, 11) is 17.5. The number of quaternary nitrogens is 4. The number of carboxylic acids is 4. The molecule has 28 heteroatoms. The van der Waals surface area contributed by atoms with Crippen LogP contribution in [-0.2, 0) is 137 Å². The van der Waals surface area contributed by atoms with Gasteiger partial charge in [0.15, 0.2) is 0 Å². The molecular weight excluding hydrogens is 820 g/mol. The number of hydrogen-bond donors (Lipinski definition) is 4. The van der Waals surface area contributed by atoms with Crippen LogP contribution in [0.4, 0.5) is 0 Å². The SMILES string of the molecule is C[NH+](C)CC[NH+](C)C.C[NH+](C)CC[NH+](C)C.O=C([O-])[C@H]([O-])[C@@H]([O-])C(=O)[O-].O=C([O-])[C@H]([O-])[C@@H]([O-])C(=O)[O-].[O-2].[O-2].[O-2].[O-2].[O-2].[O-2].[O-2].[O-2].[V].[V].[V].[V]. The minimum atomic E-state index is -2.80. The first-order valence-electron chi connectivity index (χ1n) is 10.8. The summed E-state index contributed by atoms with van der Waals surface area (Å²) >= 11 is 0. The number of aliphatic carboxylic acids is 4. The van der Waals surface area contributed by atoms with Crippen molar-refractivity contribution in [1.82, 2.24) is 0 Å². The van der Waals surface area contributed by atoms with Crippen LogP contribution in [-0.4, -0.2) is 131 Å². The van der Waals surface area contributed by atoms with E-state index >= 15 is 0 Å². The molecule has 0 amide bonds. The van der Waals surface area contributed by atoms with Crippen LogP contribution in [0.1, 0.15) is 0 Å². The Morgan fingerprint density at radius 1 is 0.354 bits per heavy atom. The van der Waals surface area contributed by atoms with Gasteiger partial charge in [-0.2, -0.15) is 0 Å². The van der Waals surface area contributed by atoms with Crippen molar-refractivity contribution in [2.24, 2.45) is 0 Å². The van der Waals surface area contributed by atoms with Crippen LogP contribution >= 0.6 is 0 Å². The summed E-state index contributed by atoms with van der Waals surface area (Å²) in [6.07, 6.45) is -11.2. The maximum absolute atomic E-state index is 9.97. The summed E-state index contributed by atoms with van der Waals surface area (Å²) < 4.78 is 0. The molecule has 0 rings (SSSR count). The molecule has 4 N–H and O–H groups in total. The molecule has 24 nitrogen and oxygen atoms in total. The Bertz CT molecular complexity index is 544. The monoisotopic (exact) mass is 860 g/mol. The van der Waals surface area contributed by atoms with Crippen molar-refractivity contribution in [3.05, 3.63) is 0 Å². The number of carboxylic acid groups (broad SMARTS) is 4. The van der Waals surface area contributed by atoms with Gasteiger partial charge in [0.2, 0.25) is 0 Å². The van der Waals surface area contributed by atoms with Gasteiger partial charge in [-0.05, 0) is 0 Å². The van der Waals surface area contributed by atoms with Crippen molar-refractivity contribution in [3.8, 4) is 0 Å². The van der Waals surface area contributed by atoms with Gasteiger partial charge in [-0.3, -0.25) is 0 Å². The molecule has 4 atom stereocenters. The van der Waals surface area contributed by atoms with E-state index in [0.717, 1.165) is 0 Å². The molecule has 0 aromatic carbocycles. The molecule has 0 bridgehead atoms. The van der Waals surface area contributed by atoms with Gasteiger partial charge in [0, 0.05) is 98.1 Å².